The van der Waals surface area contributed by atoms with Crippen molar-refractivity contribution < 1.29 is 13.6 Å². The Morgan fingerprint density at radius 1 is 1.77 bits per heavy atom. The van der Waals surface area contributed by atoms with Crippen LogP contribution in [0.5, 0.6) is 0 Å². The Bertz CT molecular complexity index is 189. The summed E-state index contributed by atoms with van der Waals surface area (Å²) >= 11 is -0.474. The summed E-state index contributed by atoms with van der Waals surface area (Å²) in [6.07, 6.45) is 2.36. The van der Waals surface area contributed by atoms with E-state index in [-0.39, 0.29) is 6.54 Å². The first-order chi connectivity index (χ1) is 6.11. The molecule has 7 heteroatoms. The number of amides is 1. The summed E-state index contributed by atoms with van der Waals surface area (Å²) in [5.41, 5.74) is 5.05. The van der Waals surface area contributed by atoms with Gasteiger partial charge in [0.2, 0.25) is 5.91 Å². The van der Waals surface area contributed by atoms with Crippen molar-refractivity contribution in [1.82, 2.24) is 5.32 Å². The van der Waals surface area contributed by atoms with E-state index < -0.39 is 22.4 Å². The van der Waals surface area contributed by atoms with Crippen LogP contribution in [-0.4, -0.2) is 38.6 Å². The van der Waals surface area contributed by atoms with Gasteiger partial charge < -0.3 is 15.6 Å². The largest absolute Gasteiger partial charge is 0.339 e. The van der Waals surface area contributed by atoms with Crippen molar-refractivity contribution in [2.75, 3.05) is 18.6 Å². The van der Waals surface area contributed by atoms with E-state index in [4.69, 9.17) is 10.3 Å². The van der Waals surface area contributed by atoms with E-state index in [9.17, 15) is 9.00 Å². The molecule has 0 aromatic rings. The summed E-state index contributed by atoms with van der Waals surface area (Å²) in [7, 11) is 0. The normalized spacial score (nSPS) is 15.0. The Balaban J connectivity index is 3.94. The second-order valence-electron chi connectivity index (χ2n) is 2.32. The van der Waals surface area contributed by atoms with Crippen LogP contribution in [0.3, 0.4) is 0 Å². The Kier molecular flexibility index (Phi) is 7.25. The fourth-order valence-corrected chi connectivity index (χ4v) is 1.86. The molecule has 0 aliphatic rings. The zero-order chi connectivity index (χ0) is 10.3. The molecular weight excluding hydrogens is 212 g/mol. The van der Waals surface area contributed by atoms with Crippen LogP contribution >= 0.6 is 11.8 Å². The summed E-state index contributed by atoms with van der Waals surface area (Å²) in [6, 6.07) is 0. The van der Waals surface area contributed by atoms with Crippen LogP contribution < -0.4 is 11.1 Å². The van der Waals surface area contributed by atoms with E-state index in [1.807, 2.05) is 6.26 Å². The monoisotopic (exact) mass is 226 g/mol. The molecule has 0 spiro atoms. The van der Waals surface area contributed by atoms with Crippen LogP contribution in [-0.2, 0) is 15.9 Å². The molecule has 0 bridgehead atoms. The lowest BCUT2D eigenvalue weighted by Crippen LogP contribution is -2.41. The lowest BCUT2D eigenvalue weighted by molar-refractivity contribution is -0.119. The molecule has 0 aromatic carbocycles. The Morgan fingerprint density at radius 3 is 2.77 bits per heavy atom. The average Bonchev–Trinajstić information content (AvgIpc) is 2.11. The maximum Gasteiger partial charge on any atom is 0.234 e. The van der Waals surface area contributed by atoms with Gasteiger partial charge in [0.1, 0.15) is 5.37 Å². The summed E-state index contributed by atoms with van der Waals surface area (Å²) in [5, 5.41) is 1.67. The molecule has 0 rings (SSSR count). The smallest absolute Gasteiger partial charge is 0.234 e. The van der Waals surface area contributed by atoms with Gasteiger partial charge in [0.15, 0.2) is 11.1 Å². The van der Waals surface area contributed by atoms with Crippen molar-refractivity contribution in [2.24, 2.45) is 5.73 Å². The fraction of sp³-hybridized carbons (Fsp3) is 0.833. The third kappa shape index (κ3) is 6.03. The Labute approximate surface area is 84.1 Å². The minimum absolute atomic E-state index is 0.160. The third-order valence-corrected chi connectivity index (χ3v) is 2.82. The molecule has 0 saturated heterocycles. The zero-order valence-corrected chi connectivity index (χ0v) is 8.99. The van der Waals surface area contributed by atoms with Crippen LogP contribution in [0, 0.1) is 0 Å². The topological polar surface area (TPSA) is 92.4 Å². The van der Waals surface area contributed by atoms with Crippen molar-refractivity contribution >= 4 is 28.7 Å². The van der Waals surface area contributed by atoms with Crippen molar-refractivity contribution in [3.63, 3.8) is 0 Å². The van der Waals surface area contributed by atoms with Gasteiger partial charge in [-0.1, -0.05) is 0 Å². The number of nitrogens with two attached hydrogens (primary N) is 1. The number of hydrogen-bond acceptors (Lipinski definition) is 4. The van der Waals surface area contributed by atoms with E-state index in [1.165, 1.54) is 0 Å². The van der Waals surface area contributed by atoms with Crippen molar-refractivity contribution in [2.45, 2.75) is 11.8 Å². The van der Waals surface area contributed by atoms with E-state index in [0.717, 1.165) is 5.75 Å². The molecule has 1 amide bonds. The van der Waals surface area contributed by atoms with Crippen LogP contribution in [0.25, 0.3) is 0 Å². The van der Waals surface area contributed by atoms with Gasteiger partial charge in [-0.3, -0.25) is 4.79 Å². The predicted octanol–water partition coefficient (Wildman–Crippen LogP) is -0.638. The van der Waals surface area contributed by atoms with E-state index in [0.29, 0.717) is 6.42 Å². The minimum Gasteiger partial charge on any atom is -0.339 e. The number of hydrogen-bond donors (Lipinski definition) is 3. The first-order valence-electron chi connectivity index (χ1n) is 3.69. The Morgan fingerprint density at radius 2 is 2.38 bits per heavy atom. The highest BCUT2D eigenvalue weighted by Crippen LogP contribution is 2.02. The van der Waals surface area contributed by atoms with E-state index in [1.54, 1.807) is 11.8 Å². The second kappa shape index (κ2) is 7.31. The highest BCUT2D eigenvalue weighted by atomic mass is 32.2. The maximum absolute atomic E-state index is 10.8. The Hall–Kier alpha value is -0.110. The van der Waals surface area contributed by atoms with Crippen LogP contribution in [0.15, 0.2) is 0 Å². The first kappa shape index (κ1) is 12.9. The molecule has 0 radical (unpaired) electrons. The molecule has 0 aromatic heterocycles. The lowest BCUT2D eigenvalue weighted by Gasteiger charge is -2.13. The molecule has 13 heavy (non-hydrogen) atoms. The van der Waals surface area contributed by atoms with Gasteiger partial charge in [-0.25, -0.2) is 4.21 Å². The molecule has 4 N–H and O–H groups in total. The number of thioether (sulfide) groups is 1. The highest BCUT2D eigenvalue weighted by Gasteiger charge is 2.16. The summed E-state index contributed by atoms with van der Waals surface area (Å²) in [4.78, 5) is 10.8. The maximum atomic E-state index is 10.8. The van der Waals surface area contributed by atoms with Gasteiger partial charge in [0.25, 0.3) is 0 Å². The molecule has 0 fully saturated rings. The quantitative estimate of drug-likeness (QED) is 0.524. The zero-order valence-electron chi connectivity index (χ0n) is 7.36. The molecule has 0 aliphatic carbocycles. The molecule has 78 valence electrons. The molecular formula is C6H14N2O3S2. The molecule has 5 nitrogen and oxygen atoms in total. The molecule has 0 saturated carbocycles. The van der Waals surface area contributed by atoms with Gasteiger partial charge >= 0.3 is 0 Å². The highest BCUT2D eigenvalue weighted by molar-refractivity contribution is 7.98. The predicted molar refractivity (Wildman–Crippen MR) is 54.8 cm³/mol. The molecule has 0 aliphatic heterocycles. The SMILES string of the molecule is CSCCC(NC(=O)CN)S(=O)O. The molecule has 2 unspecified atom stereocenters. The van der Waals surface area contributed by atoms with Gasteiger partial charge in [-0.05, 0) is 18.4 Å². The number of carbonyl (C=O) groups excluding carboxylic acids is 1. The number of nitrogens with one attached hydrogen (secondary N) is 1. The standard InChI is InChI=1S/C6H14N2O3S2/c1-12-3-2-6(13(10)11)8-5(9)4-7/h6H,2-4,7H2,1H3,(H,8,9)(H,10,11). The lowest BCUT2D eigenvalue weighted by atomic mass is 10.4. The van der Waals surface area contributed by atoms with Crippen LogP contribution in [0.1, 0.15) is 6.42 Å². The summed E-state index contributed by atoms with van der Waals surface area (Å²) in [6.45, 7) is -0.160. The number of rotatable bonds is 6. The van der Waals surface area contributed by atoms with E-state index >= 15 is 0 Å². The first-order valence-corrected chi connectivity index (χ1v) is 6.26. The molecule has 0 heterocycles. The summed E-state index contributed by atoms with van der Waals surface area (Å²) in [5.74, 6) is 0.315. The van der Waals surface area contributed by atoms with Gasteiger partial charge in [-0.15, -0.1) is 0 Å². The molecule has 2 atom stereocenters. The minimum atomic E-state index is -2.03. The van der Waals surface area contributed by atoms with Crippen LogP contribution in [0.4, 0.5) is 0 Å². The average molecular weight is 226 g/mol. The van der Waals surface area contributed by atoms with Gasteiger partial charge in [0.05, 0.1) is 6.54 Å². The van der Waals surface area contributed by atoms with E-state index in [2.05, 4.69) is 5.32 Å². The summed E-state index contributed by atoms with van der Waals surface area (Å²) < 4.78 is 19.5. The number of carbonyl (C=O) groups is 1. The second-order valence-corrected chi connectivity index (χ2v) is 4.42. The van der Waals surface area contributed by atoms with Crippen LogP contribution in [0.2, 0.25) is 0 Å². The van der Waals surface area contributed by atoms with Crippen molar-refractivity contribution in [3.05, 3.63) is 0 Å². The fourth-order valence-electron chi connectivity index (χ4n) is 0.687. The van der Waals surface area contributed by atoms with Gasteiger partial charge in [-0.2, -0.15) is 11.8 Å². The van der Waals surface area contributed by atoms with Crippen molar-refractivity contribution in [3.8, 4) is 0 Å². The van der Waals surface area contributed by atoms with Gasteiger partial charge in [0, 0.05) is 0 Å². The van der Waals surface area contributed by atoms with Crippen molar-refractivity contribution in [1.29, 1.82) is 0 Å². The third-order valence-electron chi connectivity index (χ3n) is 1.33.